The summed E-state index contributed by atoms with van der Waals surface area (Å²) in [5.41, 5.74) is 2.40. The Balaban J connectivity index is 1.51. The molecule has 2 heterocycles. The zero-order valence-electron chi connectivity index (χ0n) is 18.7. The largest absolute Gasteiger partial charge is 0.438 e. The molecule has 0 aliphatic carbocycles. The first kappa shape index (κ1) is 23.7. The van der Waals surface area contributed by atoms with Crippen molar-refractivity contribution in [2.75, 3.05) is 10.6 Å². The van der Waals surface area contributed by atoms with Crippen LogP contribution >= 0.6 is 0 Å². The van der Waals surface area contributed by atoms with E-state index in [9.17, 15) is 18.0 Å². The van der Waals surface area contributed by atoms with Crippen LogP contribution in [0.1, 0.15) is 16.7 Å². The van der Waals surface area contributed by atoms with E-state index in [-0.39, 0.29) is 5.69 Å². The van der Waals surface area contributed by atoms with Crippen LogP contribution < -0.4 is 15.4 Å². The van der Waals surface area contributed by atoms with Crippen LogP contribution in [0.25, 0.3) is 11.3 Å². The summed E-state index contributed by atoms with van der Waals surface area (Å²) in [5, 5.41) is 5.09. The lowest BCUT2D eigenvalue weighted by molar-refractivity contribution is -0.137. The van der Waals surface area contributed by atoms with Crippen molar-refractivity contribution in [2.45, 2.75) is 20.0 Å². The number of halogens is 3. The van der Waals surface area contributed by atoms with Crippen molar-refractivity contribution in [3.63, 3.8) is 0 Å². The average molecular weight is 479 g/mol. The smallest absolute Gasteiger partial charge is 0.416 e. The van der Waals surface area contributed by atoms with Crippen molar-refractivity contribution < 1.29 is 22.7 Å². The second-order valence-electron chi connectivity index (χ2n) is 7.64. The van der Waals surface area contributed by atoms with Crippen molar-refractivity contribution in [1.29, 1.82) is 0 Å². The lowest BCUT2D eigenvalue weighted by atomic mass is 10.1. The second-order valence-corrected chi connectivity index (χ2v) is 7.64. The number of alkyl halides is 3. The number of anilines is 2. The average Bonchev–Trinajstić information content (AvgIpc) is 2.83. The number of nitrogens with zero attached hydrogens (tertiary/aromatic N) is 3. The van der Waals surface area contributed by atoms with Crippen LogP contribution in [0.15, 0.2) is 73.3 Å². The van der Waals surface area contributed by atoms with Crippen molar-refractivity contribution in [3.8, 4) is 22.9 Å². The molecule has 0 aliphatic rings. The molecule has 0 atom stereocenters. The van der Waals surface area contributed by atoms with Gasteiger partial charge >= 0.3 is 12.2 Å². The SMILES string of the molecule is Cc1cc(Oc2ncccc2-c2ccncn2)c(C)cc1NC(=O)Nc1cccc(C(F)(F)F)c1. The number of rotatable bonds is 5. The molecule has 178 valence electrons. The molecular formula is C25H20F3N5O2. The van der Waals surface area contributed by atoms with Crippen molar-refractivity contribution in [1.82, 2.24) is 15.0 Å². The van der Waals surface area contributed by atoms with E-state index < -0.39 is 17.8 Å². The van der Waals surface area contributed by atoms with Gasteiger partial charge < -0.3 is 15.4 Å². The summed E-state index contributed by atoms with van der Waals surface area (Å²) in [5.74, 6) is 0.886. The van der Waals surface area contributed by atoms with Crippen LogP contribution in [0.4, 0.5) is 29.3 Å². The zero-order chi connectivity index (χ0) is 25.0. The number of aromatic nitrogens is 3. The Kier molecular flexibility index (Phi) is 6.63. The minimum absolute atomic E-state index is 0.0269. The number of nitrogens with one attached hydrogen (secondary N) is 2. The van der Waals surface area contributed by atoms with Crippen molar-refractivity contribution in [3.05, 3.63) is 90.0 Å². The number of ether oxygens (including phenoxy) is 1. The van der Waals surface area contributed by atoms with Gasteiger partial charge in [0.25, 0.3) is 0 Å². The number of hydrogen-bond acceptors (Lipinski definition) is 5. The predicted molar refractivity (Wildman–Crippen MR) is 125 cm³/mol. The minimum atomic E-state index is -4.50. The van der Waals surface area contributed by atoms with Crippen molar-refractivity contribution in [2.24, 2.45) is 0 Å². The fraction of sp³-hybridized carbons (Fsp3) is 0.120. The van der Waals surface area contributed by atoms with Crippen LogP contribution in [0, 0.1) is 13.8 Å². The molecule has 4 rings (SSSR count). The fourth-order valence-electron chi connectivity index (χ4n) is 3.31. The van der Waals surface area contributed by atoms with E-state index in [2.05, 4.69) is 25.6 Å². The maximum Gasteiger partial charge on any atom is 0.416 e. The van der Waals surface area contributed by atoms with Gasteiger partial charge in [-0.2, -0.15) is 13.2 Å². The first-order valence-corrected chi connectivity index (χ1v) is 10.5. The van der Waals surface area contributed by atoms with Gasteiger partial charge in [0.15, 0.2) is 0 Å². The molecule has 0 fully saturated rings. The number of aryl methyl sites for hydroxylation is 2. The Morgan fingerprint density at radius 1 is 0.914 bits per heavy atom. The Morgan fingerprint density at radius 3 is 2.49 bits per heavy atom. The summed E-state index contributed by atoms with van der Waals surface area (Å²) in [6, 6.07) is 12.6. The lowest BCUT2D eigenvalue weighted by Crippen LogP contribution is -2.20. The van der Waals surface area contributed by atoms with Crippen molar-refractivity contribution >= 4 is 17.4 Å². The highest BCUT2D eigenvalue weighted by molar-refractivity contribution is 6.00. The molecule has 2 aromatic carbocycles. The molecule has 0 unspecified atom stereocenters. The van der Waals surface area contributed by atoms with Crippen LogP contribution in [0.5, 0.6) is 11.6 Å². The highest BCUT2D eigenvalue weighted by atomic mass is 19.4. The third-order valence-electron chi connectivity index (χ3n) is 5.05. The number of carbonyl (C=O) groups is 1. The van der Waals surface area contributed by atoms with E-state index in [4.69, 9.17) is 4.74 Å². The predicted octanol–water partition coefficient (Wildman–Crippen LogP) is 6.61. The van der Waals surface area contributed by atoms with Crippen LogP contribution in [0.2, 0.25) is 0 Å². The maximum atomic E-state index is 12.9. The molecule has 0 saturated heterocycles. The van der Waals surface area contributed by atoms with Gasteiger partial charge in [-0.1, -0.05) is 6.07 Å². The molecular weight excluding hydrogens is 459 g/mol. The number of benzene rings is 2. The van der Waals surface area contributed by atoms with E-state index >= 15 is 0 Å². The summed E-state index contributed by atoms with van der Waals surface area (Å²) >= 11 is 0. The van der Waals surface area contributed by atoms with E-state index in [0.29, 0.717) is 39.7 Å². The van der Waals surface area contributed by atoms with Gasteiger partial charge in [0.2, 0.25) is 5.88 Å². The van der Waals surface area contributed by atoms with E-state index in [1.807, 2.05) is 6.07 Å². The molecule has 0 radical (unpaired) electrons. The standard InChI is InChI=1S/C25H20F3N5O2/c1-15-12-22(35-23-19(7-4-9-30-23)20-8-10-29-14-31-20)16(2)11-21(15)33-24(34)32-18-6-3-5-17(13-18)25(26,27)28/h3-14H,1-2H3,(H2,32,33,34). The van der Waals surface area contributed by atoms with Crippen LogP contribution in [-0.4, -0.2) is 21.0 Å². The zero-order valence-corrected chi connectivity index (χ0v) is 18.7. The molecule has 2 aromatic heterocycles. The van der Waals surface area contributed by atoms with Crippen LogP contribution in [0.3, 0.4) is 0 Å². The molecule has 2 N–H and O–H groups in total. The molecule has 0 spiro atoms. The van der Waals surface area contributed by atoms with Gasteiger partial charge in [-0.05, 0) is 73.5 Å². The summed E-state index contributed by atoms with van der Waals surface area (Å²) in [7, 11) is 0. The molecule has 7 nitrogen and oxygen atoms in total. The normalized spacial score (nSPS) is 11.1. The van der Waals surface area contributed by atoms with E-state index in [0.717, 1.165) is 12.1 Å². The summed E-state index contributed by atoms with van der Waals surface area (Å²) < 4.78 is 44.8. The molecule has 0 saturated carbocycles. The monoisotopic (exact) mass is 479 g/mol. The van der Waals surface area contributed by atoms with Gasteiger partial charge in [0.1, 0.15) is 12.1 Å². The topological polar surface area (TPSA) is 89.0 Å². The highest BCUT2D eigenvalue weighted by Gasteiger charge is 2.30. The quantitative estimate of drug-likeness (QED) is 0.336. The summed E-state index contributed by atoms with van der Waals surface area (Å²) in [6.07, 6.45) is 0.167. The first-order valence-electron chi connectivity index (χ1n) is 10.5. The molecule has 0 aliphatic heterocycles. The third-order valence-corrected chi connectivity index (χ3v) is 5.05. The van der Waals surface area contributed by atoms with Crippen LogP contribution in [-0.2, 0) is 6.18 Å². The number of hydrogen-bond donors (Lipinski definition) is 2. The van der Waals surface area contributed by atoms with Gasteiger partial charge in [0.05, 0.1) is 16.8 Å². The summed E-state index contributed by atoms with van der Waals surface area (Å²) in [4.78, 5) is 24.9. The molecule has 35 heavy (non-hydrogen) atoms. The van der Waals surface area contributed by atoms with Gasteiger partial charge in [-0.25, -0.2) is 19.7 Å². The summed E-state index contributed by atoms with van der Waals surface area (Å²) in [6.45, 7) is 3.58. The first-order chi connectivity index (χ1) is 16.7. The maximum absolute atomic E-state index is 12.9. The number of urea groups is 1. The van der Waals surface area contributed by atoms with E-state index in [1.165, 1.54) is 18.5 Å². The second kappa shape index (κ2) is 9.80. The third kappa shape index (κ3) is 5.72. The van der Waals surface area contributed by atoms with Gasteiger partial charge in [-0.3, -0.25) is 0 Å². The lowest BCUT2D eigenvalue weighted by Gasteiger charge is -2.16. The Labute approximate surface area is 199 Å². The number of pyridine rings is 1. The molecule has 2 amide bonds. The number of carbonyl (C=O) groups excluding carboxylic acids is 1. The Bertz CT molecular complexity index is 1360. The molecule has 0 bridgehead atoms. The molecule has 4 aromatic rings. The fourth-order valence-corrected chi connectivity index (χ4v) is 3.31. The minimum Gasteiger partial charge on any atom is -0.438 e. The van der Waals surface area contributed by atoms with Gasteiger partial charge in [0, 0.05) is 23.8 Å². The highest BCUT2D eigenvalue weighted by Crippen LogP contribution is 2.34. The van der Waals surface area contributed by atoms with Gasteiger partial charge in [-0.15, -0.1) is 0 Å². The Hall–Kier alpha value is -4.47. The Morgan fingerprint density at radius 2 is 1.74 bits per heavy atom. The molecule has 10 heteroatoms. The number of amides is 2. The van der Waals surface area contributed by atoms with E-state index in [1.54, 1.807) is 50.5 Å².